The molecule has 4 unspecified atom stereocenters. The van der Waals surface area contributed by atoms with Crippen molar-refractivity contribution < 1.29 is 28.6 Å². The van der Waals surface area contributed by atoms with Gasteiger partial charge in [-0.15, -0.1) is 0 Å². The first-order chi connectivity index (χ1) is 9.35. The number of hydrogen-bond acceptors (Lipinski definition) is 6. The van der Waals surface area contributed by atoms with Gasteiger partial charge in [0.25, 0.3) is 0 Å². The molecule has 2 bridgehead atoms. The summed E-state index contributed by atoms with van der Waals surface area (Å²) >= 11 is 0. The van der Waals surface area contributed by atoms with Crippen LogP contribution in [0, 0.1) is 11.8 Å². The molecule has 0 aromatic heterocycles. The molecular formula is C14H18O6. The monoisotopic (exact) mass is 282 g/mol. The van der Waals surface area contributed by atoms with Crippen LogP contribution in [0.15, 0.2) is 12.7 Å². The van der Waals surface area contributed by atoms with Gasteiger partial charge >= 0.3 is 17.9 Å². The molecule has 2 fully saturated rings. The lowest BCUT2D eigenvalue weighted by atomic mass is 9.74. The molecule has 1 saturated heterocycles. The average Bonchev–Trinajstić information content (AvgIpc) is 2.63. The smallest absolute Gasteiger partial charge is 0.344 e. The molecule has 4 atom stereocenters. The Balaban J connectivity index is 1.97. The van der Waals surface area contributed by atoms with Crippen LogP contribution in [0.5, 0.6) is 0 Å². The normalized spacial score (nSPS) is 35.1. The summed E-state index contributed by atoms with van der Waals surface area (Å²) in [6, 6.07) is 0. The van der Waals surface area contributed by atoms with Gasteiger partial charge in [0.2, 0.25) is 0 Å². The van der Waals surface area contributed by atoms with E-state index in [-0.39, 0.29) is 17.8 Å². The van der Waals surface area contributed by atoms with Crippen LogP contribution in [0.3, 0.4) is 0 Å². The number of hydrogen-bond donors (Lipinski definition) is 0. The van der Waals surface area contributed by atoms with Crippen LogP contribution in [0.2, 0.25) is 0 Å². The van der Waals surface area contributed by atoms with Crippen molar-refractivity contribution in [2.45, 2.75) is 38.4 Å². The summed E-state index contributed by atoms with van der Waals surface area (Å²) in [5.74, 6) is -1.65. The Morgan fingerprint density at radius 2 is 2.25 bits per heavy atom. The molecule has 0 radical (unpaired) electrons. The minimum absolute atomic E-state index is 0.0178. The fourth-order valence-corrected chi connectivity index (χ4v) is 3.06. The quantitative estimate of drug-likeness (QED) is 0.434. The summed E-state index contributed by atoms with van der Waals surface area (Å²) in [7, 11) is 0. The van der Waals surface area contributed by atoms with Gasteiger partial charge in [-0.2, -0.15) is 0 Å². The number of esters is 3. The van der Waals surface area contributed by atoms with Gasteiger partial charge in [-0.3, -0.25) is 4.79 Å². The van der Waals surface area contributed by atoms with Crippen molar-refractivity contribution in [3.63, 3.8) is 0 Å². The summed E-state index contributed by atoms with van der Waals surface area (Å²) in [4.78, 5) is 34.2. The van der Waals surface area contributed by atoms with E-state index in [2.05, 4.69) is 11.3 Å². The minimum atomic E-state index is -0.780. The van der Waals surface area contributed by atoms with Gasteiger partial charge in [-0.1, -0.05) is 13.5 Å². The van der Waals surface area contributed by atoms with Gasteiger partial charge in [-0.05, 0) is 19.3 Å². The zero-order valence-corrected chi connectivity index (χ0v) is 11.6. The van der Waals surface area contributed by atoms with E-state index >= 15 is 0 Å². The summed E-state index contributed by atoms with van der Waals surface area (Å²) < 4.78 is 15.3. The van der Waals surface area contributed by atoms with Gasteiger partial charge in [0.15, 0.2) is 6.61 Å². The van der Waals surface area contributed by atoms with Crippen LogP contribution in [-0.2, 0) is 28.6 Å². The first-order valence-corrected chi connectivity index (χ1v) is 6.57. The van der Waals surface area contributed by atoms with Gasteiger partial charge < -0.3 is 14.2 Å². The Morgan fingerprint density at radius 3 is 2.90 bits per heavy atom. The average molecular weight is 282 g/mol. The van der Waals surface area contributed by atoms with Gasteiger partial charge in [0.1, 0.15) is 11.7 Å². The van der Waals surface area contributed by atoms with Crippen LogP contribution in [0.1, 0.15) is 26.7 Å². The Kier molecular flexibility index (Phi) is 3.83. The van der Waals surface area contributed by atoms with E-state index in [4.69, 9.17) is 9.47 Å². The zero-order chi connectivity index (χ0) is 14.9. The standard InChI is InChI=1S/C14H18O6/c1-4-10(15)18-7-11(16)19-12-8(2)5-9-6-14(12,3)20-13(9)17/h4,8-9,12H,1,5-7H2,2-3H3. The molecule has 2 rings (SSSR count). The lowest BCUT2D eigenvalue weighted by Gasteiger charge is -2.38. The number of carbonyl (C=O) groups excluding carboxylic acids is 3. The van der Waals surface area contributed by atoms with Gasteiger partial charge in [0.05, 0.1) is 5.92 Å². The van der Waals surface area contributed by atoms with Crippen LogP contribution in [-0.4, -0.2) is 36.2 Å². The molecule has 110 valence electrons. The lowest BCUT2D eigenvalue weighted by molar-refractivity contribution is -0.182. The van der Waals surface area contributed by atoms with Crippen molar-refractivity contribution in [3.05, 3.63) is 12.7 Å². The minimum Gasteiger partial charge on any atom is -0.455 e. The molecule has 0 N–H and O–H groups in total. The zero-order valence-electron chi connectivity index (χ0n) is 11.6. The molecule has 1 heterocycles. The van der Waals surface area contributed by atoms with Crippen molar-refractivity contribution in [2.75, 3.05) is 6.61 Å². The number of fused-ring (bicyclic) bond motifs is 2. The van der Waals surface area contributed by atoms with Crippen molar-refractivity contribution in [2.24, 2.45) is 11.8 Å². The molecule has 6 heteroatoms. The fourth-order valence-electron chi connectivity index (χ4n) is 3.06. The topological polar surface area (TPSA) is 78.9 Å². The van der Waals surface area contributed by atoms with Crippen molar-refractivity contribution >= 4 is 17.9 Å². The molecule has 0 spiro atoms. The molecule has 0 amide bonds. The van der Waals surface area contributed by atoms with E-state index in [1.54, 1.807) is 6.92 Å². The number of carbonyl (C=O) groups is 3. The molecule has 0 aromatic carbocycles. The van der Waals surface area contributed by atoms with E-state index < -0.39 is 30.3 Å². The van der Waals surface area contributed by atoms with Crippen molar-refractivity contribution in [1.29, 1.82) is 0 Å². The molecule has 20 heavy (non-hydrogen) atoms. The van der Waals surface area contributed by atoms with Crippen molar-refractivity contribution in [1.82, 2.24) is 0 Å². The molecule has 1 aliphatic heterocycles. The first kappa shape index (κ1) is 14.6. The highest BCUT2D eigenvalue weighted by Gasteiger charge is 2.56. The lowest BCUT2D eigenvalue weighted by Crippen LogP contribution is -2.48. The highest BCUT2D eigenvalue weighted by atomic mass is 16.6. The van der Waals surface area contributed by atoms with E-state index in [0.717, 1.165) is 6.08 Å². The van der Waals surface area contributed by atoms with E-state index in [9.17, 15) is 14.4 Å². The molecule has 6 nitrogen and oxygen atoms in total. The molecule has 2 aliphatic rings. The van der Waals surface area contributed by atoms with Gasteiger partial charge in [-0.25, -0.2) is 9.59 Å². The maximum atomic E-state index is 11.7. The van der Waals surface area contributed by atoms with Crippen LogP contribution in [0.25, 0.3) is 0 Å². The van der Waals surface area contributed by atoms with Crippen LogP contribution >= 0.6 is 0 Å². The predicted molar refractivity (Wildman–Crippen MR) is 67.4 cm³/mol. The second-order valence-electron chi connectivity index (χ2n) is 5.57. The fraction of sp³-hybridized carbons (Fsp3) is 0.643. The summed E-state index contributed by atoms with van der Waals surface area (Å²) in [5, 5.41) is 0. The highest BCUT2D eigenvalue weighted by molar-refractivity contribution is 5.83. The van der Waals surface area contributed by atoms with Crippen LogP contribution in [0.4, 0.5) is 0 Å². The number of rotatable bonds is 4. The summed E-state index contributed by atoms with van der Waals surface area (Å²) in [6.45, 7) is 6.45. The Bertz CT molecular complexity index is 457. The SMILES string of the molecule is C=CC(=O)OCC(=O)OC1C(C)CC2CC1(C)OC2=O. The number of ether oxygens (including phenoxy) is 3. The predicted octanol–water partition coefficient (Wildman–Crippen LogP) is 0.989. The van der Waals surface area contributed by atoms with E-state index in [0.29, 0.717) is 12.8 Å². The van der Waals surface area contributed by atoms with Crippen molar-refractivity contribution in [3.8, 4) is 0 Å². The van der Waals surface area contributed by atoms with Gasteiger partial charge in [0, 0.05) is 12.5 Å². The molecule has 1 saturated carbocycles. The maximum absolute atomic E-state index is 11.7. The second-order valence-corrected chi connectivity index (χ2v) is 5.57. The highest BCUT2D eigenvalue weighted by Crippen LogP contribution is 2.46. The van der Waals surface area contributed by atoms with Crippen LogP contribution < -0.4 is 0 Å². The maximum Gasteiger partial charge on any atom is 0.344 e. The molecular weight excluding hydrogens is 264 g/mol. The van der Waals surface area contributed by atoms with E-state index in [1.807, 2.05) is 6.92 Å². The summed E-state index contributed by atoms with van der Waals surface area (Å²) in [5.41, 5.74) is -0.780. The first-order valence-electron chi connectivity index (χ1n) is 6.57. The largest absolute Gasteiger partial charge is 0.455 e. The third-order valence-corrected chi connectivity index (χ3v) is 3.85. The third kappa shape index (κ3) is 2.69. The summed E-state index contributed by atoms with van der Waals surface area (Å²) in [6.07, 6.45) is 1.65. The molecule has 0 aromatic rings. The Morgan fingerprint density at radius 1 is 1.55 bits per heavy atom. The van der Waals surface area contributed by atoms with E-state index in [1.165, 1.54) is 0 Å². The Labute approximate surface area is 117 Å². The Hall–Kier alpha value is -1.85. The second kappa shape index (κ2) is 5.26. The molecule has 1 aliphatic carbocycles. The third-order valence-electron chi connectivity index (χ3n) is 3.85.